The predicted octanol–water partition coefficient (Wildman–Crippen LogP) is 0.345. The Morgan fingerprint density at radius 1 is 1.29 bits per heavy atom. The molecular weight excluding hydrogens is 337 g/mol. The molecule has 0 spiro atoms. The van der Waals surface area contributed by atoms with E-state index < -0.39 is 18.8 Å². The van der Waals surface area contributed by atoms with E-state index in [4.69, 9.17) is 13.9 Å². The lowest BCUT2D eigenvalue weighted by Crippen LogP contribution is -2.54. The second kappa shape index (κ2) is 6.53. The number of halogens is 3. The maximum absolute atomic E-state index is 12.1. The molecule has 0 bridgehead atoms. The van der Waals surface area contributed by atoms with Crippen LogP contribution in [0.2, 0.25) is 0 Å². The highest BCUT2D eigenvalue weighted by atomic mass is 19.4. The number of hydrogen-bond acceptors (Lipinski definition) is 8. The Morgan fingerprint density at radius 3 is 2.54 bits per heavy atom. The number of carbonyl (C=O) groups excluding carboxylic acids is 1. The lowest BCUT2D eigenvalue weighted by molar-refractivity contribution is -0.344. The summed E-state index contributed by atoms with van der Waals surface area (Å²) in [5.74, 6) is -0.134. The topological polar surface area (TPSA) is 99.0 Å². The van der Waals surface area contributed by atoms with E-state index in [-0.39, 0.29) is 50.2 Å². The van der Waals surface area contributed by atoms with Gasteiger partial charge in [0.15, 0.2) is 0 Å². The molecule has 2 aliphatic rings. The molecule has 0 unspecified atom stereocenters. The van der Waals surface area contributed by atoms with E-state index in [1.54, 1.807) is 0 Å². The fourth-order valence-electron chi connectivity index (χ4n) is 2.32. The number of rotatable bonds is 4. The number of alkyl halides is 3. The molecule has 12 heteroatoms. The molecule has 1 aromatic rings. The second-order valence-corrected chi connectivity index (χ2v) is 5.41. The number of aromatic nitrogens is 2. The summed E-state index contributed by atoms with van der Waals surface area (Å²) in [4.78, 5) is 12.4. The predicted molar refractivity (Wildman–Crippen MR) is 69.7 cm³/mol. The largest absolute Gasteiger partial charge is 0.522 e. The monoisotopic (exact) mass is 352 g/mol. The molecule has 24 heavy (non-hydrogen) atoms. The van der Waals surface area contributed by atoms with Gasteiger partial charge in [-0.15, -0.1) is 18.3 Å². The summed E-state index contributed by atoms with van der Waals surface area (Å²) in [6, 6.07) is -0.194. The molecule has 3 rings (SSSR count). The fraction of sp³-hybridized carbons (Fsp3) is 0.750. The highest BCUT2D eigenvalue weighted by Crippen LogP contribution is 2.29. The van der Waals surface area contributed by atoms with Crippen LogP contribution in [0.15, 0.2) is 4.42 Å². The van der Waals surface area contributed by atoms with Gasteiger partial charge in [0.25, 0.3) is 5.89 Å². The first-order valence-electron chi connectivity index (χ1n) is 7.13. The Hall–Kier alpha value is -1.92. The lowest BCUT2D eigenvalue weighted by Gasteiger charge is -2.37. The summed E-state index contributed by atoms with van der Waals surface area (Å²) in [7, 11) is 0. The van der Waals surface area contributed by atoms with E-state index in [0.29, 0.717) is 0 Å². The van der Waals surface area contributed by atoms with Gasteiger partial charge in [-0.3, -0.25) is 9.53 Å². The first-order valence-corrected chi connectivity index (χ1v) is 7.13. The van der Waals surface area contributed by atoms with Gasteiger partial charge in [0.2, 0.25) is 12.2 Å². The Morgan fingerprint density at radius 2 is 1.96 bits per heavy atom. The van der Waals surface area contributed by atoms with Crippen LogP contribution in [-0.4, -0.2) is 60.9 Å². The van der Waals surface area contributed by atoms with Crippen LogP contribution < -0.4 is 10.2 Å². The van der Waals surface area contributed by atoms with Gasteiger partial charge < -0.3 is 24.1 Å². The van der Waals surface area contributed by atoms with Gasteiger partial charge in [-0.2, -0.15) is 0 Å². The molecule has 9 nitrogen and oxygen atoms in total. The second-order valence-electron chi connectivity index (χ2n) is 5.41. The average molecular weight is 352 g/mol. The number of nitrogens with zero attached hydrogens (tertiary/aromatic N) is 3. The van der Waals surface area contributed by atoms with Crippen molar-refractivity contribution in [3.63, 3.8) is 0 Å². The number of ether oxygens (including phenoxy) is 3. The molecule has 0 aliphatic carbocycles. The summed E-state index contributed by atoms with van der Waals surface area (Å²) in [6.07, 6.45) is -6.49. The van der Waals surface area contributed by atoms with Gasteiger partial charge in [-0.05, 0) is 0 Å². The van der Waals surface area contributed by atoms with Crippen molar-refractivity contribution in [3.05, 3.63) is 5.89 Å². The van der Waals surface area contributed by atoms with Crippen molar-refractivity contribution in [2.45, 2.75) is 31.7 Å². The van der Waals surface area contributed by atoms with E-state index >= 15 is 0 Å². The number of amides is 1. The molecule has 0 atom stereocenters. The SMILES string of the molecule is CC(=O)NC1COC(c2nnc(N3CC(OC(F)(F)F)C3)o2)OC1. The molecule has 1 aromatic heterocycles. The highest BCUT2D eigenvalue weighted by molar-refractivity contribution is 5.73. The molecule has 2 fully saturated rings. The molecule has 134 valence electrons. The van der Waals surface area contributed by atoms with Crippen LogP contribution in [0, 0.1) is 0 Å². The quantitative estimate of drug-likeness (QED) is 0.829. The van der Waals surface area contributed by atoms with Crippen LogP contribution in [-0.2, 0) is 19.0 Å². The summed E-state index contributed by atoms with van der Waals surface area (Å²) in [5.41, 5.74) is 0. The number of hydrogen-bond donors (Lipinski definition) is 1. The lowest BCUT2D eigenvalue weighted by atomic mass is 10.2. The summed E-state index contributed by atoms with van der Waals surface area (Å²) >= 11 is 0. The van der Waals surface area contributed by atoms with Crippen molar-refractivity contribution in [3.8, 4) is 0 Å². The zero-order valence-electron chi connectivity index (χ0n) is 12.6. The number of carbonyl (C=O) groups is 1. The molecular formula is C12H15F3N4O5. The van der Waals surface area contributed by atoms with E-state index in [1.165, 1.54) is 11.8 Å². The number of nitrogens with one attached hydrogen (secondary N) is 1. The Balaban J connectivity index is 1.48. The zero-order valence-corrected chi connectivity index (χ0v) is 12.6. The van der Waals surface area contributed by atoms with Crippen LogP contribution >= 0.6 is 0 Å². The average Bonchev–Trinajstić information content (AvgIpc) is 2.91. The van der Waals surface area contributed by atoms with Gasteiger partial charge in [0, 0.05) is 6.92 Å². The Labute approximate surface area is 134 Å². The highest BCUT2D eigenvalue weighted by Gasteiger charge is 2.41. The summed E-state index contributed by atoms with van der Waals surface area (Å²) in [6.45, 7) is 1.82. The van der Waals surface area contributed by atoms with E-state index in [0.717, 1.165) is 0 Å². The van der Waals surface area contributed by atoms with Crippen molar-refractivity contribution in [2.75, 3.05) is 31.2 Å². The van der Waals surface area contributed by atoms with Crippen LogP contribution in [0.1, 0.15) is 19.1 Å². The molecule has 1 N–H and O–H groups in total. The van der Waals surface area contributed by atoms with E-state index in [2.05, 4.69) is 20.3 Å². The standard InChI is InChI=1S/C12H15F3N4O5/c1-6(20)16-7-4-21-10(22-5-7)9-17-18-11(23-9)19-2-8(3-19)24-12(13,14)15/h7-8,10H,2-5H2,1H3,(H,16,20). The molecule has 0 radical (unpaired) electrons. The van der Waals surface area contributed by atoms with Gasteiger partial charge in [0.05, 0.1) is 32.3 Å². The van der Waals surface area contributed by atoms with Crippen molar-refractivity contribution >= 4 is 11.9 Å². The minimum atomic E-state index is -4.66. The zero-order chi connectivity index (χ0) is 17.3. The van der Waals surface area contributed by atoms with Crippen molar-refractivity contribution in [2.24, 2.45) is 0 Å². The maximum Gasteiger partial charge on any atom is 0.522 e. The van der Waals surface area contributed by atoms with Crippen molar-refractivity contribution in [1.82, 2.24) is 15.5 Å². The first-order chi connectivity index (χ1) is 11.3. The minimum absolute atomic E-state index is 0.00186. The Kier molecular flexibility index (Phi) is 4.60. The van der Waals surface area contributed by atoms with Crippen LogP contribution in [0.5, 0.6) is 0 Å². The van der Waals surface area contributed by atoms with Crippen LogP contribution in [0.4, 0.5) is 19.2 Å². The van der Waals surface area contributed by atoms with Gasteiger partial charge >= 0.3 is 12.4 Å². The molecule has 2 aliphatic heterocycles. The fourth-order valence-corrected chi connectivity index (χ4v) is 2.32. The third-order valence-electron chi connectivity index (χ3n) is 3.36. The molecule has 0 saturated carbocycles. The van der Waals surface area contributed by atoms with E-state index in [1.807, 2.05) is 0 Å². The molecule has 3 heterocycles. The van der Waals surface area contributed by atoms with Crippen molar-refractivity contribution < 1.29 is 36.6 Å². The van der Waals surface area contributed by atoms with Crippen molar-refractivity contribution in [1.29, 1.82) is 0 Å². The smallest absolute Gasteiger partial charge is 0.402 e. The first kappa shape index (κ1) is 16.9. The normalized spacial score (nSPS) is 25.4. The summed E-state index contributed by atoms with van der Waals surface area (Å²) < 4.78 is 56.2. The summed E-state index contributed by atoms with van der Waals surface area (Å²) in [5, 5.41) is 10.2. The third-order valence-corrected chi connectivity index (χ3v) is 3.36. The Bertz CT molecular complexity index is 581. The van der Waals surface area contributed by atoms with E-state index in [9.17, 15) is 18.0 Å². The van der Waals surface area contributed by atoms with Crippen LogP contribution in [0.3, 0.4) is 0 Å². The third kappa shape index (κ3) is 4.13. The molecule has 0 aromatic carbocycles. The molecule has 2 saturated heterocycles. The minimum Gasteiger partial charge on any atom is -0.402 e. The molecule has 1 amide bonds. The maximum atomic E-state index is 12.1. The van der Waals surface area contributed by atoms with Gasteiger partial charge in [-0.25, -0.2) is 0 Å². The van der Waals surface area contributed by atoms with Gasteiger partial charge in [0.1, 0.15) is 6.10 Å². The number of anilines is 1. The van der Waals surface area contributed by atoms with Gasteiger partial charge in [-0.1, -0.05) is 5.10 Å². The van der Waals surface area contributed by atoms with Crippen LogP contribution in [0.25, 0.3) is 0 Å².